The lowest BCUT2D eigenvalue weighted by atomic mass is 9.84. The van der Waals surface area contributed by atoms with Crippen molar-refractivity contribution >= 4 is 10.8 Å². The number of benzene rings is 2. The molecule has 2 aromatic rings. The summed E-state index contributed by atoms with van der Waals surface area (Å²) >= 11 is 0. The van der Waals surface area contributed by atoms with E-state index in [2.05, 4.69) is 49.1 Å². The van der Waals surface area contributed by atoms with Crippen molar-refractivity contribution in [3.05, 3.63) is 47.0 Å². The van der Waals surface area contributed by atoms with Crippen molar-refractivity contribution in [2.45, 2.75) is 123 Å². The third-order valence-corrected chi connectivity index (χ3v) is 7.85. The fourth-order valence-corrected chi connectivity index (χ4v) is 5.80. The van der Waals surface area contributed by atoms with E-state index in [0.717, 1.165) is 25.2 Å². The third-order valence-electron chi connectivity index (χ3n) is 7.85. The van der Waals surface area contributed by atoms with Crippen molar-refractivity contribution < 1.29 is 5.11 Å². The Balaban J connectivity index is 1.64. The van der Waals surface area contributed by atoms with Crippen LogP contribution in [-0.4, -0.2) is 29.6 Å². The number of hydrogen-bond acceptors (Lipinski definition) is 2. The molecule has 0 fully saturated rings. The Morgan fingerprint density at radius 1 is 0.735 bits per heavy atom. The van der Waals surface area contributed by atoms with Crippen LogP contribution in [0.15, 0.2) is 30.3 Å². The van der Waals surface area contributed by atoms with Crippen LogP contribution in [0.2, 0.25) is 0 Å². The maximum Gasteiger partial charge on any atom is 0.0923 e. The Kier molecular flexibility index (Phi) is 12.5. The Morgan fingerprint density at radius 2 is 1.29 bits per heavy atom. The minimum Gasteiger partial charge on any atom is -0.387 e. The first kappa shape index (κ1) is 27.2. The van der Waals surface area contributed by atoms with E-state index in [0.29, 0.717) is 0 Å². The Bertz CT molecular complexity index is 813. The summed E-state index contributed by atoms with van der Waals surface area (Å²) in [5.41, 5.74) is 4.18. The van der Waals surface area contributed by atoms with Gasteiger partial charge in [-0.15, -0.1) is 0 Å². The normalized spacial score (nSPS) is 14.6. The highest BCUT2D eigenvalue weighted by molar-refractivity contribution is 5.90. The highest BCUT2D eigenvalue weighted by atomic mass is 16.3. The third kappa shape index (κ3) is 8.38. The highest BCUT2D eigenvalue weighted by Crippen LogP contribution is 2.34. The van der Waals surface area contributed by atoms with Gasteiger partial charge in [-0.1, -0.05) is 108 Å². The lowest BCUT2D eigenvalue weighted by Crippen LogP contribution is -2.31. The van der Waals surface area contributed by atoms with Crippen LogP contribution in [0.3, 0.4) is 0 Å². The van der Waals surface area contributed by atoms with Gasteiger partial charge >= 0.3 is 0 Å². The molecule has 0 saturated heterocycles. The predicted molar refractivity (Wildman–Crippen MR) is 149 cm³/mol. The summed E-state index contributed by atoms with van der Waals surface area (Å²) in [6, 6.07) is 11.2. The maximum absolute atomic E-state index is 11.5. The zero-order chi connectivity index (χ0) is 24.0. The molecule has 2 heteroatoms. The Labute approximate surface area is 210 Å². The van der Waals surface area contributed by atoms with Crippen LogP contribution in [0.25, 0.3) is 10.8 Å². The second kappa shape index (κ2) is 15.6. The van der Waals surface area contributed by atoms with Gasteiger partial charge in [0, 0.05) is 6.54 Å². The number of aliphatic hydroxyl groups is 1. The van der Waals surface area contributed by atoms with Crippen LogP contribution < -0.4 is 0 Å². The van der Waals surface area contributed by atoms with Gasteiger partial charge in [0.1, 0.15) is 0 Å². The first-order valence-electron chi connectivity index (χ1n) is 14.7. The second-order valence-corrected chi connectivity index (χ2v) is 10.7. The molecule has 2 nitrogen and oxygen atoms in total. The molecule has 1 unspecified atom stereocenters. The van der Waals surface area contributed by atoms with Gasteiger partial charge in [0.25, 0.3) is 0 Å². The minimum atomic E-state index is -0.405. The molecule has 0 spiro atoms. The van der Waals surface area contributed by atoms with Gasteiger partial charge in [-0.2, -0.15) is 0 Å². The van der Waals surface area contributed by atoms with Crippen molar-refractivity contribution in [2.24, 2.45) is 0 Å². The number of hydrogen-bond donors (Lipinski definition) is 1. The van der Waals surface area contributed by atoms with Crippen LogP contribution in [0.5, 0.6) is 0 Å². The van der Waals surface area contributed by atoms with Gasteiger partial charge in [0.15, 0.2) is 0 Å². The predicted octanol–water partition coefficient (Wildman–Crippen LogP) is 8.78. The minimum absolute atomic E-state index is 0.405. The molecule has 0 radical (unpaired) electrons. The first-order chi connectivity index (χ1) is 16.7. The smallest absolute Gasteiger partial charge is 0.0923 e. The number of fused-ring (bicyclic) bond motifs is 3. The second-order valence-electron chi connectivity index (χ2n) is 10.7. The zero-order valence-electron chi connectivity index (χ0n) is 22.3. The Morgan fingerprint density at radius 3 is 1.94 bits per heavy atom. The summed E-state index contributed by atoms with van der Waals surface area (Å²) in [4.78, 5) is 2.57. The van der Waals surface area contributed by atoms with Gasteiger partial charge in [-0.25, -0.2) is 0 Å². The van der Waals surface area contributed by atoms with Crippen LogP contribution in [0, 0.1) is 0 Å². The summed E-state index contributed by atoms with van der Waals surface area (Å²) in [6.45, 7) is 7.59. The topological polar surface area (TPSA) is 23.5 Å². The van der Waals surface area contributed by atoms with Gasteiger partial charge in [0.05, 0.1) is 6.10 Å². The molecule has 34 heavy (non-hydrogen) atoms. The van der Waals surface area contributed by atoms with Gasteiger partial charge < -0.3 is 10.0 Å². The van der Waals surface area contributed by atoms with E-state index in [-0.39, 0.29) is 0 Å². The monoisotopic (exact) mass is 465 g/mol. The standard InChI is InChI=1S/C32H51NO/c1-3-5-7-9-11-17-23-33(24-18-12-10-8-6-4-2)26-32(34)31-25-27-19-13-14-20-28(27)29-21-15-16-22-30(29)31/h15-16,21-22,25,32,34H,3-14,17-20,23-24,26H2,1-2H3. The number of nitrogens with zero attached hydrogens (tertiary/aromatic N) is 1. The van der Waals surface area contributed by atoms with Crippen molar-refractivity contribution in [3.8, 4) is 0 Å². The zero-order valence-corrected chi connectivity index (χ0v) is 22.3. The van der Waals surface area contributed by atoms with Gasteiger partial charge in [-0.3, -0.25) is 0 Å². The van der Waals surface area contributed by atoms with Gasteiger partial charge in [-0.05, 0) is 79.1 Å². The van der Waals surface area contributed by atoms with Crippen LogP contribution in [0.4, 0.5) is 0 Å². The molecule has 1 atom stereocenters. The number of rotatable bonds is 17. The number of aryl methyl sites for hydroxylation is 2. The summed E-state index contributed by atoms with van der Waals surface area (Å²) in [5, 5.41) is 14.1. The molecule has 0 aromatic heterocycles. The first-order valence-corrected chi connectivity index (χ1v) is 14.7. The molecule has 0 bridgehead atoms. The molecule has 0 amide bonds. The van der Waals surface area contributed by atoms with E-state index >= 15 is 0 Å². The molecule has 3 rings (SSSR count). The summed E-state index contributed by atoms with van der Waals surface area (Å²) in [5.74, 6) is 0. The average Bonchev–Trinajstić information content (AvgIpc) is 2.87. The molecule has 1 aliphatic rings. The van der Waals surface area contributed by atoms with Crippen molar-refractivity contribution in [1.29, 1.82) is 0 Å². The quantitative estimate of drug-likeness (QED) is 0.236. The van der Waals surface area contributed by atoms with Crippen molar-refractivity contribution in [3.63, 3.8) is 0 Å². The number of aliphatic hydroxyl groups excluding tert-OH is 1. The SMILES string of the molecule is CCCCCCCCN(CCCCCCCC)CC(O)c1cc2c(c3ccccc13)CCCC2. The van der Waals surface area contributed by atoms with Crippen LogP contribution in [-0.2, 0) is 12.8 Å². The van der Waals surface area contributed by atoms with Crippen molar-refractivity contribution in [2.75, 3.05) is 19.6 Å². The highest BCUT2D eigenvalue weighted by Gasteiger charge is 2.20. The van der Waals surface area contributed by atoms with E-state index in [1.54, 1.807) is 0 Å². The van der Waals surface area contributed by atoms with E-state index < -0.39 is 6.10 Å². The van der Waals surface area contributed by atoms with E-state index in [1.807, 2.05) is 0 Å². The molecule has 2 aromatic carbocycles. The average molecular weight is 466 g/mol. The summed E-state index contributed by atoms with van der Waals surface area (Å²) in [7, 11) is 0. The van der Waals surface area contributed by atoms with Crippen LogP contribution in [0.1, 0.15) is 127 Å². The fraction of sp³-hybridized carbons (Fsp3) is 0.688. The molecule has 0 saturated carbocycles. The summed E-state index contributed by atoms with van der Waals surface area (Å²) < 4.78 is 0. The molecule has 1 aliphatic carbocycles. The molecular weight excluding hydrogens is 414 g/mol. The fourth-order valence-electron chi connectivity index (χ4n) is 5.80. The van der Waals surface area contributed by atoms with Crippen LogP contribution >= 0.6 is 0 Å². The molecular formula is C32H51NO. The van der Waals surface area contributed by atoms with E-state index in [9.17, 15) is 5.11 Å². The van der Waals surface area contributed by atoms with E-state index in [1.165, 1.54) is 125 Å². The van der Waals surface area contributed by atoms with Crippen molar-refractivity contribution in [1.82, 2.24) is 4.90 Å². The molecule has 1 N–H and O–H groups in total. The summed E-state index contributed by atoms with van der Waals surface area (Å²) in [6.07, 6.45) is 20.5. The largest absolute Gasteiger partial charge is 0.387 e. The molecule has 0 aliphatic heterocycles. The number of unbranched alkanes of at least 4 members (excludes halogenated alkanes) is 10. The lowest BCUT2D eigenvalue weighted by molar-refractivity contribution is 0.111. The lowest BCUT2D eigenvalue weighted by Gasteiger charge is -2.27. The Hall–Kier alpha value is -1.38. The molecule has 190 valence electrons. The van der Waals surface area contributed by atoms with E-state index in [4.69, 9.17) is 0 Å². The maximum atomic E-state index is 11.5. The van der Waals surface area contributed by atoms with Gasteiger partial charge in [0.2, 0.25) is 0 Å². The molecule has 0 heterocycles.